The first-order valence-corrected chi connectivity index (χ1v) is 13.7. The molecule has 2 amide bonds. The number of aryl methyl sites for hydroxylation is 2. The number of benzene rings is 2. The Kier molecular flexibility index (Phi) is 10.8. The van der Waals surface area contributed by atoms with Crippen LogP contribution in [0.25, 0.3) is 0 Å². The minimum atomic E-state index is -4.01. The van der Waals surface area contributed by atoms with Crippen molar-refractivity contribution in [3.63, 3.8) is 0 Å². The van der Waals surface area contributed by atoms with E-state index in [1.807, 2.05) is 32.0 Å². The lowest BCUT2D eigenvalue weighted by molar-refractivity contribution is -0.139. The SMILES string of the molecule is CCCCNC(=O)[C@H](C)N(Cc1cccc(Cl)c1)C(=O)CN(c1cc(C)ccc1C)S(=O)(=O)N(C)C. The van der Waals surface area contributed by atoms with Crippen molar-refractivity contribution in [1.29, 1.82) is 0 Å². The summed E-state index contributed by atoms with van der Waals surface area (Å²) >= 11 is 6.15. The maximum Gasteiger partial charge on any atom is 0.304 e. The zero-order chi connectivity index (χ0) is 27.0. The van der Waals surface area contributed by atoms with E-state index in [1.54, 1.807) is 38.1 Å². The zero-order valence-electron chi connectivity index (χ0n) is 21.9. The fourth-order valence-electron chi connectivity index (χ4n) is 3.64. The summed E-state index contributed by atoms with van der Waals surface area (Å²) in [7, 11) is -1.16. The van der Waals surface area contributed by atoms with Gasteiger partial charge in [-0.15, -0.1) is 0 Å². The van der Waals surface area contributed by atoms with Crippen LogP contribution < -0.4 is 9.62 Å². The zero-order valence-corrected chi connectivity index (χ0v) is 23.5. The maximum atomic E-state index is 13.7. The monoisotopic (exact) mass is 536 g/mol. The molecule has 8 nitrogen and oxygen atoms in total. The molecule has 0 saturated heterocycles. The molecule has 0 fully saturated rings. The molecule has 2 rings (SSSR count). The average Bonchev–Trinajstić information content (AvgIpc) is 2.82. The Balaban J connectivity index is 2.47. The van der Waals surface area contributed by atoms with Gasteiger partial charge in [0.1, 0.15) is 12.6 Å². The summed E-state index contributed by atoms with van der Waals surface area (Å²) in [5.74, 6) is -0.799. The summed E-state index contributed by atoms with van der Waals surface area (Å²) in [6, 6.07) is 11.7. The highest BCUT2D eigenvalue weighted by atomic mass is 35.5. The molecule has 0 unspecified atom stereocenters. The van der Waals surface area contributed by atoms with Crippen LogP contribution in [-0.2, 0) is 26.3 Å². The molecule has 198 valence electrons. The smallest absolute Gasteiger partial charge is 0.304 e. The maximum absolute atomic E-state index is 13.7. The van der Waals surface area contributed by atoms with Gasteiger partial charge >= 0.3 is 10.2 Å². The number of hydrogen-bond acceptors (Lipinski definition) is 4. The fourth-order valence-corrected chi connectivity index (χ4v) is 4.97. The molecule has 0 bridgehead atoms. The van der Waals surface area contributed by atoms with Gasteiger partial charge in [-0.05, 0) is 62.1 Å². The number of anilines is 1. The summed E-state index contributed by atoms with van der Waals surface area (Å²) in [4.78, 5) is 28.1. The predicted molar refractivity (Wildman–Crippen MR) is 145 cm³/mol. The van der Waals surface area contributed by atoms with Crippen molar-refractivity contribution >= 4 is 39.3 Å². The minimum absolute atomic E-state index is 0.102. The summed E-state index contributed by atoms with van der Waals surface area (Å²) in [6.07, 6.45) is 1.75. The summed E-state index contributed by atoms with van der Waals surface area (Å²) in [6.45, 7) is 7.47. The second-order valence-corrected chi connectivity index (χ2v) is 11.6. The van der Waals surface area contributed by atoms with E-state index in [1.165, 1.54) is 19.0 Å². The average molecular weight is 537 g/mol. The molecule has 0 aliphatic heterocycles. The van der Waals surface area contributed by atoms with Crippen LogP contribution in [0.4, 0.5) is 5.69 Å². The molecular formula is C26H37ClN4O4S. The van der Waals surface area contributed by atoms with Gasteiger partial charge in [0, 0.05) is 32.2 Å². The predicted octanol–water partition coefficient (Wildman–Crippen LogP) is 3.90. The third kappa shape index (κ3) is 7.69. The molecule has 1 atom stereocenters. The van der Waals surface area contributed by atoms with E-state index in [0.29, 0.717) is 22.8 Å². The van der Waals surface area contributed by atoms with Crippen LogP contribution in [0.3, 0.4) is 0 Å². The lowest BCUT2D eigenvalue weighted by Gasteiger charge is -2.33. The molecule has 10 heteroatoms. The molecule has 0 aliphatic carbocycles. The Morgan fingerprint density at radius 1 is 1.08 bits per heavy atom. The van der Waals surface area contributed by atoms with Gasteiger partial charge in [0.05, 0.1) is 5.69 Å². The quantitative estimate of drug-likeness (QED) is 0.416. The highest BCUT2D eigenvalue weighted by Crippen LogP contribution is 2.26. The van der Waals surface area contributed by atoms with E-state index >= 15 is 0 Å². The Morgan fingerprint density at radius 3 is 2.39 bits per heavy atom. The van der Waals surface area contributed by atoms with Crippen LogP contribution in [0.5, 0.6) is 0 Å². The van der Waals surface area contributed by atoms with Gasteiger partial charge in [-0.2, -0.15) is 12.7 Å². The first-order chi connectivity index (χ1) is 16.9. The minimum Gasteiger partial charge on any atom is -0.354 e. The van der Waals surface area contributed by atoms with Gasteiger partial charge in [-0.1, -0.05) is 49.2 Å². The molecule has 2 aromatic rings. The Morgan fingerprint density at radius 2 is 1.78 bits per heavy atom. The first kappa shape index (κ1) is 29.6. The summed E-state index contributed by atoms with van der Waals surface area (Å²) in [5.41, 5.74) is 2.73. The van der Waals surface area contributed by atoms with Gasteiger partial charge in [0.25, 0.3) is 0 Å². The van der Waals surface area contributed by atoms with Crippen LogP contribution in [0.1, 0.15) is 43.4 Å². The molecule has 0 saturated carbocycles. The van der Waals surface area contributed by atoms with Crippen molar-refractivity contribution in [3.8, 4) is 0 Å². The molecule has 0 aliphatic rings. The third-order valence-corrected chi connectivity index (χ3v) is 7.93. The molecule has 0 spiro atoms. The van der Waals surface area contributed by atoms with Crippen LogP contribution in [0.15, 0.2) is 42.5 Å². The van der Waals surface area contributed by atoms with Gasteiger partial charge in [-0.25, -0.2) is 4.31 Å². The number of nitrogens with one attached hydrogen (secondary N) is 1. The molecule has 36 heavy (non-hydrogen) atoms. The molecular weight excluding hydrogens is 500 g/mol. The topological polar surface area (TPSA) is 90.0 Å². The van der Waals surface area contributed by atoms with Crippen LogP contribution in [0.2, 0.25) is 5.02 Å². The number of nitrogens with zero attached hydrogens (tertiary/aromatic N) is 3. The first-order valence-electron chi connectivity index (χ1n) is 12.0. The van der Waals surface area contributed by atoms with E-state index in [0.717, 1.165) is 32.6 Å². The summed E-state index contributed by atoms with van der Waals surface area (Å²) < 4.78 is 28.8. The van der Waals surface area contributed by atoms with E-state index in [-0.39, 0.29) is 12.5 Å². The van der Waals surface area contributed by atoms with Crippen LogP contribution in [0, 0.1) is 13.8 Å². The highest BCUT2D eigenvalue weighted by molar-refractivity contribution is 7.90. The summed E-state index contributed by atoms with van der Waals surface area (Å²) in [5, 5.41) is 3.37. The normalized spacial score (nSPS) is 12.3. The van der Waals surface area contributed by atoms with Gasteiger partial charge in [0.2, 0.25) is 11.8 Å². The van der Waals surface area contributed by atoms with Crippen LogP contribution >= 0.6 is 11.6 Å². The Labute approximate surface area is 220 Å². The van der Waals surface area contributed by atoms with Crippen molar-refractivity contribution in [2.75, 3.05) is 31.5 Å². The number of halogens is 1. The molecule has 0 radical (unpaired) electrons. The van der Waals surface area contributed by atoms with Crippen LogP contribution in [-0.4, -0.2) is 62.7 Å². The second kappa shape index (κ2) is 13.1. The molecule has 1 N–H and O–H groups in total. The van der Waals surface area contributed by atoms with Crippen molar-refractivity contribution in [3.05, 3.63) is 64.2 Å². The lowest BCUT2D eigenvalue weighted by atomic mass is 10.1. The Hall–Kier alpha value is -2.62. The standard InChI is InChI=1S/C26H37ClN4O4S/c1-7-8-14-28-26(33)21(4)30(17-22-10-9-11-23(27)16-22)25(32)18-31(36(34,35)29(5)6)24-15-19(2)12-13-20(24)3/h9-13,15-16,21H,7-8,14,17-18H2,1-6H3,(H,28,33)/t21-/m0/s1. The Bertz CT molecular complexity index is 1170. The number of unbranched alkanes of at least 4 members (excludes halogenated alkanes) is 1. The van der Waals surface area contributed by atoms with Gasteiger partial charge in [-0.3, -0.25) is 9.59 Å². The molecule has 2 aromatic carbocycles. The van der Waals surface area contributed by atoms with Gasteiger partial charge in [0.15, 0.2) is 0 Å². The lowest BCUT2D eigenvalue weighted by Crippen LogP contribution is -2.52. The van der Waals surface area contributed by atoms with E-state index < -0.39 is 28.7 Å². The number of carbonyl (C=O) groups is 2. The third-order valence-electron chi connectivity index (χ3n) is 5.89. The van der Waals surface area contributed by atoms with Gasteiger partial charge < -0.3 is 10.2 Å². The molecule has 0 aromatic heterocycles. The highest BCUT2D eigenvalue weighted by Gasteiger charge is 2.33. The van der Waals surface area contributed by atoms with Crippen molar-refractivity contribution < 1.29 is 18.0 Å². The van der Waals surface area contributed by atoms with E-state index in [2.05, 4.69) is 5.32 Å². The number of hydrogen-bond donors (Lipinski definition) is 1. The number of rotatable bonds is 12. The van der Waals surface area contributed by atoms with E-state index in [9.17, 15) is 18.0 Å². The van der Waals surface area contributed by atoms with Crippen molar-refractivity contribution in [2.45, 2.75) is 53.1 Å². The fraction of sp³-hybridized carbons (Fsp3) is 0.462. The molecule has 0 heterocycles. The van der Waals surface area contributed by atoms with Crippen molar-refractivity contribution in [1.82, 2.24) is 14.5 Å². The number of carbonyl (C=O) groups excluding carboxylic acids is 2. The van der Waals surface area contributed by atoms with E-state index in [4.69, 9.17) is 11.6 Å². The van der Waals surface area contributed by atoms with Crippen molar-refractivity contribution in [2.24, 2.45) is 0 Å². The number of amides is 2. The second-order valence-electron chi connectivity index (χ2n) is 9.06. The largest absolute Gasteiger partial charge is 0.354 e.